The van der Waals surface area contributed by atoms with Crippen LogP contribution in [0.5, 0.6) is 0 Å². The number of hydrogen-bond acceptors (Lipinski definition) is 3. The lowest BCUT2D eigenvalue weighted by molar-refractivity contribution is 0.151. The van der Waals surface area contributed by atoms with Crippen molar-refractivity contribution in [1.82, 2.24) is 14.5 Å². The second kappa shape index (κ2) is 6.96. The summed E-state index contributed by atoms with van der Waals surface area (Å²) in [6, 6.07) is 7.14. The van der Waals surface area contributed by atoms with Gasteiger partial charge < -0.3 is 10.2 Å². The summed E-state index contributed by atoms with van der Waals surface area (Å²) in [4.78, 5) is 7.06. The Bertz CT molecular complexity index is 754. The molecule has 1 N–H and O–H groups in total. The van der Waals surface area contributed by atoms with E-state index in [2.05, 4.69) is 15.2 Å². The van der Waals surface area contributed by atoms with Gasteiger partial charge in [-0.3, -0.25) is 4.99 Å². The molecule has 0 aromatic heterocycles. The van der Waals surface area contributed by atoms with Crippen LogP contribution in [0.2, 0.25) is 0 Å². The molecule has 138 valence electrons. The predicted octanol–water partition coefficient (Wildman–Crippen LogP) is 1.89. The standard InChI is InChI=1S/C18H28N4O2S/c1-19-17(22-12-11-18(14-22)9-6-10-18)20-13-15-7-4-5-8-16(15)25(23,24)21(2)3/h4-5,7-8H,6,9-14H2,1-3H3,(H,19,20). The molecule has 0 bridgehead atoms. The van der Waals surface area contributed by atoms with Gasteiger partial charge in [0.2, 0.25) is 10.0 Å². The molecule has 1 aromatic carbocycles. The molecule has 2 aliphatic rings. The van der Waals surface area contributed by atoms with E-state index < -0.39 is 10.0 Å². The fourth-order valence-corrected chi connectivity index (χ4v) is 4.92. The van der Waals surface area contributed by atoms with Gasteiger partial charge >= 0.3 is 0 Å². The first-order valence-electron chi connectivity index (χ1n) is 8.84. The van der Waals surface area contributed by atoms with Gasteiger partial charge in [0, 0.05) is 40.8 Å². The van der Waals surface area contributed by atoms with Crippen LogP contribution in [-0.2, 0) is 16.6 Å². The van der Waals surface area contributed by atoms with E-state index in [1.54, 1.807) is 33.3 Å². The summed E-state index contributed by atoms with van der Waals surface area (Å²) in [6.45, 7) is 2.53. The van der Waals surface area contributed by atoms with Gasteiger partial charge in [-0.15, -0.1) is 0 Å². The second-order valence-electron chi connectivity index (χ2n) is 7.32. The van der Waals surface area contributed by atoms with Gasteiger partial charge in [-0.1, -0.05) is 24.6 Å². The average Bonchev–Trinajstić information content (AvgIpc) is 3.01. The number of aliphatic imine (C=N–C) groups is 1. The molecule has 3 rings (SSSR count). The molecular formula is C18H28N4O2S. The molecule has 0 atom stereocenters. The number of guanidine groups is 1. The lowest BCUT2D eigenvalue weighted by Gasteiger charge is -2.38. The molecule has 1 heterocycles. The maximum atomic E-state index is 12.5. The van der Waals surface area contributed by atoms with Crippen molar-refractivity contribution in [2.24, 2.45) is 10.4 Å². The Hall–Kier alpha value is -1.60. The minimum Gasteiger partial charge on any atom is -0.352 e. The molecule has 1 aliphatic carbocycles. The van der Waals surface area contributed by atoms with E-state index in [0.717, 1.165) is 24.6 Å². The van der Waals surface area contributed by atoms with Crippen LogP contribution in [0.15, 0.2) is 34.2 Å². The maximum Gasteiger partial charge on any atom is 0.242 e. The van der Waals surface area contributed by atoms with Crippen molar-refractivity contribution in [2.75, 3.05) is 34.2 Å². The van der Waals surface area contributed by atoms with Crippen molar-refractivity contribution in [3.63, 3.8) is 0 Å². The van der Waals surface area contributed by atoms with Crippen molar-refractivity contribution in [3.8, 4) is 0 Å². The number of likely N-dealkylation sites (tertiary alicyclic amines) is 1. The van der Waals surface area contributed by atoms with Crippen LogP contribution in [0.1, 0.15) is 31.2 Å². The third-order valence-corrected chi connectivity index (χ3v) is 7.45. The fraction of sp³-hybridized carbons (Fsp3) is 0.611. The predicted molar refractivity (Wildman–Crippen MR) is 100.0 cm³/mol. The number of hydrogen-bond donors (Lipinski definition) is 1. The first-order chi connectivity index (χ1) is 11.9. The zero-order chi connectivity index (χ0) is 18.1. The van der Waals surface area contributed by atoms with Crippen molar-refractivity contribution in [3.05, 3.63) is 29.8 Å². The number of nitrogens with zero attached hydrogens (tertiary/aromatic N) is 3. The SMILES string of the molecule is CN=C(NCc1ccccc1S(=O)(=O)N(C)C)N1CCC2(CCC2)C1. The zero-order valence-electron chi connectivity index (χ0n) is 15.3. The summed E-state index contributed by atoms with van der Waals surface area (Å²) >= 11 is 0. The van der Waals surface area contributed by atoms with E-state index in [0.29, 0.717) is 16.9 Å². The van der Waals surface area contributed by atoms with Crippen molar-refractivity contribution < 1.29 is 8.42 Å². The molecule has 0 amide bonds. The average molecular weight is 365 g/mol. The first kappa shape index (κ1) is 18.2. The summed E-state index contributed by atoms with van der Waals surface area (Å²) < 4.78 is 26.3. The highest BCUT2D eigenvalue weighted by Gasteiger charge is 2.43. The van der Waals surface area contributed by atoms with Gasteiger partial charge in [-0.25, -0.2) is 12.7 Å². The zero-order valence-corrected chi connectivity index (χ0v) is 16.1. The number of benzene rings is 1. The van der Waals surface area contributed by atoms with Crippen LogP contribution in [-0.4, -0.2) is 57.8 Å². The summed E-state index contributed by atoms with van der Waals surface area (Å²) in [7, 11) is 1.45. The molecule has 0 radical (unpaired) electrons. The smallest absolute Gasteiger partial charge is 0.242 e. The lowest BCUT2D eigenvalue weighted by atomic mass is 9.68. The molecular weight excluding hydrogens is 336 g/mol. The Balaban J connectivity index is 1.71. The van der Waals surface area contributed by atoms with Crippen LogP contribution in [0.25, 0.3) is 0 Å². The van der Waals surface area contributed by atoms with E-state index >= 15 is 0 Å². The molecule has 1 saturated carbocycles. The molecule has 1 aliphatic heterocycles. The molecule has 2 fully saturated rings. The van der Waals surface area contributed by atoms with E-state index in [4.69, 9.17) is 0 Å². The fourth-order valence-electron chi connectivity index (χ4n) is 3.81. The van der Waals surface area contributed by atoms with E-state index in [-0.39, 0.29) is 0 Å². The van der Waals surface area contributed by atoms with Crippen molar-refractivity contribution in [1.29, 1.82) is 0 Å². The van der Waals surface area contributed by atoms with Crippen LogP contribution in [0, 0.1) is 5.41 Å². The Labute approximate surface area is 151 Å². The quantitative estimate of drug-likeness (QED) is 0.654. The molecule has 0 unspecified atom stereocenters. The third-order valence-electron chi connectivity index (χ3n) is 5.53. The highest BCUT2D eigenvalue weighted by molar-refractivity contribution is 7.89. The summed E-state index contributed by atoms with van der Waals surface area (Å²) in [5.74, 6) is 0.862. The monoisotopic (exact) mass is 364 g/mol. The van der Waals surface area contributed by atoms with E-state index in [1.807, 2.05) is 12.1 Å². The van der Waals surface area contributed by atoms with Gasteiger partial charge in [0.05, 0.1) is 4.90 Å². The molecule has 7 heteroatoms. The van der Waals surface area contributed by atoms with Gasteiger partial charge in [-0.05, 0) is 36.3 Å². The van der Waals surface area contributed by atoms with Crippen LogP contribution >= 0.6 is 0 Å². The molecule has 1 spiro atoms. The highest BCUT2D eigenvalue weighted by atomic mass is 32.2. The van der Waals surface area contributed by atoms with Gasteiger partial charge in [0.1, 0.15) is 0 Å². The third kappa shape index (κ3) is 3.53. The maximum absolute atomic E-state index is 12.5. The Kier molecular flexibility index (Phi) is 5.06. The molecule has 25 heavy (non-hydrogen) atoms. The van der Waals surface area contributed by atoms with E-state index in [9.17, 15) is 8.42 Å². The molecule has 1 saturated heterocycles. The topological polar surface area (TPSA) is 65.0 Å². The van der Waals surface area contributed by atoms with Gasteiger partial charge in [0.25, 0.3) is 0 Å². The second-order valence-corrected chi connectivity index (χ2v) is 9.44. The van der Waals surface area contributed by atoms with Crippen LogP contribution in [0.3, 0.4) is 0 Å². The minimum atomic E-state index is -3.45. The number of rotatable bonds is 4. The lowest BCUT2D eigenvalue weighted by Crippen LogP contribution is -2.42. The largest absolute Gasteiger partial charge is 0.352 e. The summed E-state index contributed by atoms with van der Waals surface area (Å²) in [5, 5.41) is 3.36. The van der Waals surface area contributed by atoms with Crippen molar-refractivity contribution in [2.45, 2.75) is 37.1 Å². The minimum absolute atomic E-state index is 0.347. The Morgan fingerprint density at radius 3 is 2.56 bits per heavy atom. The Morgan fingerprint density at radius 2 is 2.00 bits per heavy atom. The van der Waals surface area contributed by atoms with Crippen LogP contribution in [0.4, 0.5) is 0 Å². The number of sulfonamides is 1. The normalized spacial score (nSPS) is 20.2. The van der Waals surface area contributed by atoms with Crippen molar-refractivity contribution >= 4 is 16.0 Å². The summed E-state index contributed by atoms with van der Waals surface area (Å²) in [5.41, 5.74) is 1.26. The number of nitrogens with one attached hydrogen (secondary N) is 1. The van der Waals surface area contributed by atoms with Gasteiger partial charge in [0.15, 0.2) is 5.96 Å². The van der Waals surface area contributed by atoms with Gasteiger partial charge in [-0.2, -0.15) is 0 Å². The van der Waals surface area contributed by atoms with E-state index in [1.165, 1.54) is 30.0 Å². The van der Waals surface area contributed by atoms with Crippen LogP contribution < -0.4 is 5.32 Å². The first-order valence-corrected chi connectivity index (χ1v) is 10.3. The summed E-state index contributed by atoms with van der Waals surface area (Å²) in [6.07, 6.45) is 5.23. The Morgan fingerprint density at radius 1 is 1.28 bits per heavy atom. The molecule has 6 nitrogen and oxygen atoms in total. The molecule has 1 aromatic rings. The highest BCUT2D eigenvalue weighted by Crippen LogP contribution is 2.47.